The number of esters is 3. The molecule has 0 N–H and O–H groups in total. The minimum absolute atomic E-state index is 0.101. The Morgan fingerprint density at radius 2 is 0.727 bits per heavy atom. The van der Waals surface area contributed by atoms with Gasteiger partial charge in [0.1, 0.15) is 13.2 Å². The van der Waals surface area contributed by atoms with Gasteiger partial charge in [0, 0.05) is 19.3 Å². The number of carbonyl (C=O) groups is 3. The molecule has 0 aliphatic rings. The van der Waals surface area contributed by atoms with Crippen molar-refractivity contribution in [2.45, 2.75) is 194 Å². The van der Waals surface area contributed by atoms with E-state index >= 15 is 0 Å². The summed E-state index contributed by atoms with van der Waals surface area (Å²) in [5.41, 5.74) is 0. The van der Waals surface area contributed by atoms with Crippen LogP contribution in [0.25, 0.3) is 0 Å². The number of ether oxygens (including phenoxy) is 3. The van der Waals surface area contributed by atoms with Crippen molar-refractivity contribution in [1.82, 2.24) is 0 Å². The Balaban J connectivity index is 4.51. The highest BCUT2D eigenvalue weighted by molar-refractivity contribution is 5.71. The van der Waals surface area contributed by atoms with E-state index in [-0.39, 0.29) is 37.5 Å². The summed E-state index contributed by atoms with van der Waals surface area (Å²) in [5, 5.41) is 0. The van der Waals surface area contributed by atoms with Gasteiger partial charge in [0.25, 0.3) is 0 Å². The Hall–Kier alpha value is -3.41. The predicted octanol–water partition coefficient (Wildman–Crippen LogP) is 14.1. The molecule has 0 fully saturated rings. The molecular weight excluding hydrogens is 685 g/mol. The lowest BCUT2D eigenvalue weighted by atomic mass is 10.1. The van der Waals surface area contributed by atoms with Crippen LogP contribution in [0.15, 0.2) is 85.1 Å². The first-order chi connectivity index (χ1) is 27.0. The fourth-order valence-electron chi connectivity index (χ4n) is 5.67. The lowest BCUT2D eigenvalue weighted by Crippen LogP contribution is -2.30. The predicted molar refractivity (Wildman–Crippen MR) is 233 cm³/mol. The first-order valence-corrected chi connectivity index (χ1v) is 22.2. The molecule has 0 spiro atoms. The van der Waals surface area contributed by atoms with Crippen LogP contribution in [0.1, 0.15) is 188 Å². The van der Waals surface area contributed by atoms with Gasteiger partial charge in [-0.15, -0.1) is 0 Å². The van der Waals surface area contributed by atoms with E-state index in [1.807, 2.05) is 48.6 Å². The monoisotopic (exact) mass is 765 g/mol. The fraction of sp³-hybridized carbons (Fsp3) is 0.653. The van der Waals surface area contributed by atoms with E-state index in [4.69, 9.17) is 14.2 Å². The molecule has 0 aliphatic carbocycles. The molecule has 0 radical (unpaired) electrons. The fourth-order valence-corrected chi connectivity index (χ4v) is 5.67. The van der Waals surface area contributed by atoms with Gasteiger partial charge < -0.3 is 14.2 Å². The molecule has 0 aromatic carbocycles. The molecule has 0 rings (SSSR count). The molecule has 6 heteroatoms. The number of hydrogen-bond acceptors (Lipinski definition) is 6. The Kier molecular flexibility index (Phi) is 40.6. The molecule has 1 atom stereocenters. The third-order valence-corrected chi connectivity index (χ3v) is 9.04. The quantitative estimate of drug-likeness (QED) is 0.0270. The maximum Gasteiger partial charge on any atom is 0.306 e. The van der Waals surface area contributed by atoms with Crippen molar-refractivity contribution in [3.05, 3.63) is 85.1 Å². The summed E-state index contributed by atoms with van der Waals surface area (Å²) in [6.45, 7) is 6.34. The molecule has 0 saturated carbocycles. The number of hydrogen-bond donors (Lipinski definition) is 0. The zero-order valence-corrected chi connectivity index (χ0v) is 35.4. The van der Waals surface area contributed by atoms with Gasteiger partial charge in [0.2, 0.25) is 0 Å². The van der Waals surface area contributed by atoms with E-state index < -0.39 is 6.10 Å². The zero-order valence-electron chi connectivity index (χ0n) is 35.4. The molecule has 0 aromatic rings. The van der Waals surface area contributed by atoms with Gasteiger partial charge in [-0.3, -0.25) is 14.4 Å². The zero-order chi connectivity index (χ0) is 40.1. The number of rotatable bonds is 38. The van der Waals surface area contributed by atoms with Crippen LogP contribution in [0.2, 0.25) is 0 Å². The number of carbonyl (C=O) groups excluding carboxylic acids is 3. The second-order valence-corrected chi connectivity index (χ2v) is 14.4. The van der Waals surface area contributed by atoms with Crippen LogP contribution in [-0.4, -0.2) is 37.2 Å². The van der Waals surface area contributed by atoms with Crippen molar-refractivity contribution in [3.8, 4) is 0 Å². The second-order valence-electron chi connectivity index (χ2n) is 14.4. The molecule has 0 heterocycles. The highest BCUT2D eigenvalue weighted by Crippen LogP contribution is 2.13. The summed E-state index contributed by atoms with van der Waals surface area (Å²) in [4.78, 5) is 37.7. The van der Waals surface area contributed by atoms with Gasteiger partial charge in [-0.2, -0.15) is 0 Å². The molecule has 1 unspecified atom stereocenters. The van der Waals surface area contributed by atoms with Gasteiger partial charge in [0.15, 0.2) is 6.10 Å². The third kappa shape index (κ3) is 41.6. The Morgan fingerprint density at radius 1 is 0.382 bits per heavy atom. The lowest BCUT2D eigenvalue weighted by Gasteiger charge is -2.18. The van der Waals surface area contributed by atoms with E-state index in [1.54, 1.807) is 0 Å². The van der Waals surface area contributed by atoms with Gasteiger partial charge in [-0.25, -0.2) is 0 Å². The minimum Gasteiger partial charge on any atom is -0.462 e. The van der Waals surface area contributed by atoms with Crippen molar-refractivity contribution >= 4 is 17.9 Å². The Bertz CT molecular complexity index is 1110. The molecule has 0 aromatic heterocycles. The van der Waals surface area contributed by atoms with E-state index in [0.29, 0.717) is 12.8 Å². The highest BCUT2D eigenvalue weighted by atomic mass is 16.6. The summed E-state index contributed by atoms with van der Waals surface area (Å²) < 4.78 is 16.6. The van der Waals surface area contributed by atoms with Crippen molar-refractivity contribution in [3.63, 3.8) is 0 Å². The molecule has 0 bridgehead atoms. The van der Waals surface area contributed by atoms with Crippen molar-refractivity contribution in [2.24, 2.45) is 0 Å². The average Bonchev–Trinajstić information content (AvgIpc) is 3.18. The van der Waals surface area contributed by atoms with E-state index in [1.165, 1.54) is 64.2 Å². The smallest absolute Gasteiger partial charge is 0.306 e. The van der Waals surface area contributed by atoms with E-state index in [9.17, 15) is 14.4 Å². The van der Waals surface area contributed by atoms with Gasteiger partial charge >= 0.3 is 17.9 Å². The molecular formula is C49H80O6. The first kappa shape index (κ1) is 51.6. The van der Waals surface area contributed by atoms with Crippen LogP contribution < -0.4 is 0 Å². The summed E-state index contributed by atoms with van der Waals surface area (Å²) in [7, 11) is 0. The molecule has 6 nitrogen and oxygen atoms in total. The molecule has 0 saturated heterocycles. The summed E-state index contributed by atoms with van der Waals surface area (Å²) in [5.74, 6) is -0.983. The molecule has 0 amide bonds. The van der Waals surface area contributed by atoms with Crippen LogP contribution in [0.3, 0.4) is 0 Å². The standard InChI is InChI=1S/C49H80O6/c1-4-7-10-13-16-19-22-23-24-25-28-30-33-36-39-42-48(51)54-45-46(55-49(52)43-40-37-34-31-27-21-18-15-12-9-6-3)44-53-47(50)41-38-35-32-29-26-20-17-14-11-8-5-2/h7,10,13,15-16,18-19,21-25,27-28,46H,4-6,8-9,11-12,14,17,20,26,29-45H2,1-3H3/b10-7-,16-13-,18-15-,22-19-,24-23-,27-21-,28-25-. The lowest BCUT2D eigenvalue weighted by molar-refractivity contribution is -0.167. The van der Waals surface area contributed by atoms with Crippen molar-refractivity contribution in [1.29, 1.82) is 0 Å². The third-order valence-electron chi connectivity index (χ3n) is 9.04. The van der Waals surface area contributed by atoms with Crippen molar-refractivity contribution in [2.75, 3.05) is 13.2 Å². The maximum atomic E-state index is 12.7. The van der Waals surface area contributed by atoms with Crippen LogP contribution >= 0.6 is 0 Å². The van der Waals surface area contributed by atoms with Crippen molar-refractivity contribution < 1.29 is 28.6 Å². The normalized spacial score (nSPS) is 12.9. The first-order valence-electron chi connectivity index (χ1n) is 22.2. The molecule has 312 valence electrons. The topological polar surface area (TPSA) is 78.9 Å². The maximum absolute atomic E-state index is 12.7. The van der Waals surface area contributed by atoms with Gasteiger partial charge in [0.05, 0.1) is 0 Å². The average molecular weight is 765 g/mol. The largest absolute Gasteiger partial charge is 0.462 e. The van der Waals surface area contributed by atoms with Crippen LogP contribution in [0.4, 0.5) is 0 Å². The SMILES string of the molecule is CC\C=C/C=C\C=C/C=C\C=C/CCCCCC(=O)OCC(COC(=O)CCCCCCCCCCCCC)OC(=O)CCCCC/C=C\C=C/CCCC. The van der Waals surface area contributed by atoms with Crippen LogP contribution in [-0.2, 0) is 28.6 Å². The highest BCUT2D eigenvalue weighted by Gasteiger charge is 2.19. The molecule has 0 aliphatic heterocycles. The number of allylic oxidation sites excluding steroid dienone is 14. The molecule has 55 heavy (non-hydrogen) atoms. The Labute approximate surface area is 337 Å². The van der Waals surface area contributed by atoms with Crippen LogP contribution in [0, 0.1) is 0 Å². The Morgan fingerprint density at radius 3 is 1.18 bits per heavy atom. The second kappa shape index (κ2) is 43.3. The van der Waals surface area contributed by atoms with Gasteiger partial charge in [-0.1, -0.05) is 196 Å². The summed E-state index contributed by atoms with van der Waals surface area (Å²) in [6.07, 6.45) is 54.2. The minimum atomic E-state index is -0.804. The van der Waals surface area contributed by atoms with Gasteiger partial charge in [-0.05, 0) is 57.8 Å². The summed E-state index contributed by atoms with van der Waals surface area (Å²) in [6, 6.07) is 0. The number of unbranched alkanes of at least 4 members (excludes halogenated alkanes) is 18. The van der Waals surface area contributed by atoms with Crippen LogP contribution in [0.5, 0.6) is 0 Å². The summed E-state index contributed by atoms with van der Waals surface area (Å²) >= 11 is 0. The van der Waals surface area contributed by atoms with E-state index in [2.05, 4.69) is 57.2 Å². The van der Waals surface area contributed by atoms with E-state index in [0.717, 1.165) is 83.5 Å².